The van der Waals surface area contributed by atoms with Gasteiger partial charge in [0, 0.05) is 18.4 Å². The summed E-state index contributed by atoms with van der Waals surface area (Å²) in [5, 5.41) is 3.11. The van der Waals surface area contributed by atoms with E-state index < -0.39 is 0 Å². The summed E-state index contributed by atoms with van der Waals surface area (Å²) in [6.07, 6.45) is 2.09. The fourth-order valence-corrected chi connectivity index (χ4v) is 3.95. The molecule has 0 radical (unpaired) electrons. The third-order valence-electron chi connectivity index (χ3n) is 5.19. The second-order valence-electron chi connectivity index (χ2n) is 7.39. The third-order valence-corrected chi connectivity index (χ3v) is 5.19. The van der Waals surface area contributed by atoms with Gasteiger partial charge in [-0.05, 0) is 35.2 Å². The van der Waals surface area contributed by atoms with E-state index in [0.717, 1.165) is 22.5 Å². The smallest absolute Gasteiger partial charge is 0.318 e. The van der Waals surface area contributed by atoms with Crippen LogP contribution in [0.3, 0.4) is 0 Å². The van der Waals surface area contributed by atoms with Crippen molar-refractivity contribution >= 4 is 6.03 Å². The lowest BCUT2D eigenvalue weighted by Gasteiger charge is -2.33. The molecular weight excluding hydrogens is 334 g/mol. The van der Waals surface area contributed by atoms with Crippen molar-refractivity contribution in [2.24, 2.45) is 5.92 Å². The molecule has 2 heterocycles. The zero-order valence-electron chi connectivity index (χ0n) is 15.8. The van der Waals surface area contributed by atoms with Gasteiger partial charge in [-0.3, -0.25) is 0 Å². The second-order valence-corrected chi connectivity index (χ2v) is 7.39. The van der Waals surface area contributed by atoms with Crippen LogP contribution in [0, 0.1) is 5.92 Å². The number of nitrogens with one attached hydrogen (secondary N) is 1. The zero-order chi connectivity index (χ0) is 18.8. The fourth-order valence-electron chi connectivity index (χ4n) is 3.95. The summed E-state index contributed by atoms with van der Waals surface area (Å²) in [5.74, 6) is 0.301. The molecule has 3 aromatic rings. The van der Waals surface area contributed by atoms with Crippen LogP contribution in [0.4, 0.5) is 4.79 Å². The van der Waals surface area contributed by atoms with Gasteiger partial charge in [-0.25, -0.2) is 4.79 Å². The molecule has 27 heavy (non-hydrogen) atoms. The summed E-state index contributed by atoms with van der Waals surface area (Å²) in [7, 11) is 0. The Morgan fingerprint density at radius 2 is 1.78 bits per heavy atom. The summed E-state index contributed by atoms with van der Waals surface area (Å²) in [4.78, 5) is 15.2. The van der Waals surface area contributed by atoms with Gasteiger partial charge < -0.3 is 14.8 Å². The Labute approximate surface area is 160 Å². The van der Waals surface area contributed by atoms with Crippen molar-refractivity contribution in [2.45, 2.75) is 33.0 Å². The van der Waals surface area contributed by atoms with Crippen molar-refractivity contribution in [3.63, 3.8) is 0 Å². The Bertz CT molecular complexity index is 930. The van der Waals surface area contributed by atoms with Crippen molar-refractivity contribution in [3.05, 3.63) is 89.7 Å². The average Bonchev–Trinajstić information content (AvgIpc) is 3.10. The number of amides is 2. The molecule has 0 fully saturated rings. The Morgan fingerprint density at radius 1 is 1.04 bits per heavy atom. The van der Waals surface area contributed by atoms with E-state index in [2.05, 4.69) is 60.3 Å². The second kappa shape index (κ2) is 7.31. The number of aromatic nitrogens is 1. The van der Waals surface area contributed by atoms with E-state index in [1.807, 2.05) is 41.3 Å². The van der Waals surface area contributed by atoms with Crippen LogP contribution in [0.25, 0.3) is 5.69 Å². The maximum atomic E-state index is 13.2. The van der Waals surface area contributed by atoms with Gasteiger partial charge in [0.05, 0.1) is 18.3 Å². The first-order chi connectivity index (χ1) is 13.1. The average molecular weight is 359 g/mol. The Kier molecular flexibility index (Phi) is 4.71. The molecule has 0 bridgehead atoms. The van der Waals surface area contributed by atoms with Gasteiger partial charge in [-0.15, -0.1) is 0 Å². The molecule has 1 N–H and O–H groups in total. The Morgan fingerprint density at radius 3 is 2.56 bits per heavy atom. The van der Waals surface area contributed by atoms with E-state index in [4.69, 9.17) is 0 Å². The molecule has 0 unspecified atom stereocenters. The molecule has 1 aliphatic rings. The molecule has 1 aliphatic heterocycles. The molecule has 4 rings (SSSR count). The molecule has 2 amide bonds. The highest BCUT2D eigenvalue weighted by atomic mass is 16.2. The zero-order valence-corrected chi connectivity index (χ0v) is 15.8. The first-order valence-corrected chi connectivity index (χ1v) is 9.49. The predicted molar refractivity (Wildman–Crippen MR) is 108 cm³/mol. The van der Waals surface area contributed by atoms with Crippen molar-refractivity contribution in [1.82, 2.24) is 14.8 Å². The van der Waals surface area contributed by atoms with E-state index >= 15 is 0 Å². The molecule has 1 aromatic heterocycles. The lowest BCUT2D eigenvalue weighted by Crippen LogP contribution is -2.42. The summed E-state index contributed by atoms with van der Waals surface area (Å²) in [6, 6.07) is 22.5. The van der Waals surface area contributed by atoms with E-state index in [-0.39, 0.29) is 12.1 Å². The minimum atomic E-state index is -0.0259. The molecule has 4 heteroatoms. The van der Waals surface area contributed by atoms with Gasteiger partial charge in [0.2, 0.25) is 0 Å². The van der Waals surface area contributed by atoms with E-state index in [1.54, 1.807) is 0 Å². The highest BCUT2D eigenvalue weighted by Gasteiger charge is 2.33. The van der Waals surface area contributed by atoms with Crippen LogP contribution in [0.5, 0.6) is 0 Å². The van der Waals surface area contributed by atoms with Crippen LogP contribution in [0.15, 0.2) is 72.9 Å². The summed E-state index contributed by atoms with van der Waals surface area (Å²) < 4.78 is 2.23. The number of benzene rings is 2. The minimum Gasteiger partial charge on any atom is -0.334 e. The number of rotatable bonds is 3. The van der Waals surface area contributed by atoms with E-state index in [9.17, 15) is 4.79 Å². The van der Waals surface area contributed by atoms with Crippen LogP contribution in [0.2, 0.25) is 0 Å². The quantitative estimate of drug-likeness (QED) is 0.709. The van der Waals surface area contributed by atoms with Crippen molar-refractivity contribution in [3.8, 4) is 5.69 Å². The SMILES string of the molecule is CC(C)[C@@H]1c2cccn2-c2ccccc2CN1C(=O)NCc1ccccc1. The van der Waals surface area contributed by atoms with Crippen molar-refractivity contribution in [2.75, 3.05) is 0 Å². The lowest BCUT2D eigenvalue weighted by atomic mass is 9.99. The van der Waals surface area contributed by atoms with Gasteiger partial charge in [0.1, 0.15) is 0 Å². The Hall–Kier alpha value is -3.01. The van der Waals surface area contributed by atoms with Gasteiger partial charge in [0.25, 0.3) is 0 Å². The van der Waals surface area contributed by atoms with Crippen molar-refractivity contribution in [1.29, 1.82) is 0 Å². The van der Waals surface area contributed by atoms with Gasteiger partial charge in [-0.2, -0.15) is 0 Å². The molecule has 0 spiro atoms. The minimum absolute atomic E-state index is 0.0168. The van der Waals surface area contributed by atoms with E-state index in [1.165, 1.54) is 0 Å². The van der Waals surface area contributed by atoms with Gasteiger partial charge >= 0.3 is 6.03 Å². The number of carbonyl (C=O) groups is 1. The predicted octanol–water partition coefficient (Wildman–Crippen LogP) is 4.90. The summed E-state index contributed by atoms with van der Waals surface area (Å²) >= 11 is 0. The largest absolute Gasteiger partial charge is 0.334 e. The van der Waals surface area contributed by atoms with Gasteiger partial charge in [0.15, 0.2) is 0 Å². The van der Waals surface area contributed by atoms with Crippen LogP contribution < -0.4 is 5.32 Å². The van der Waals surface area contributed by atoms with Crippen molar-refractivity contribution < 1.29 is 4.79 Å². The molecule has 2 aromatic carbocycles. The number of urea groups is 1. The highest BCUT2D eigenvalue weighted by Crippen LogP contribution is 2.36. The first kappa shape index (κ1) is 17.4. The maximum Gasteiger partial charge on any atom is 0.318 e. The first-order valence-electron chi connectivity index (χ1n) is 9.49. The standard InChI is InChI=1S/C23H25N3O/c1-17(2)22-21-13-8-14-25(21)20-12-7-6-11-19(20)16-26(22)23(27)24-15-18-9-4-3-5-10-18/h3-14,17,22H,15-16H2,1-2H3,(H,24,27)/t22-/m1/s1. The molecule has 4 nitrogen and oxygen atoms in total. The number of para-hydroxylation sites is 1. The molecule has 0 saturated heterocycles. The van der Waals surface area contributed by atoms with Crippen LogP contribution in [-0.2, 0) is 13.1 Å². The molecule has 0 saturated carbocycles. The van der Waals surface area contributed by atoms with E-state index in [0.29, 0.717) is 19.0 Å². The monoisotopic (exact) mass is 359 g/mol. The molecular formula is C23H25N3O. The Balaban J connectivity index is 1.67. The topological polar surface area (TPSA) is 37.3 Å². The van der Waals surface area contributed by atoms with Gasteiger partial charge in [-0.1, -0.05) is 62.4 Å². The van der Waals surface area contributed by atoms with Crippen LogP contribution in [0.1, 0.15) is 36.7 Å². The highest BCUT2D eigenvalue weighted by molar-refractivity contribution is 5.75. The maximum absolute atomic E-state index is 13.2. The summed E-state index contributed by atoms with van der Waals surface area (Å²) in [5.41, 5.74) is 4.57. The fraction of sp³-hybridized carbons (Fsp3) is 0.261. The number of hydrogen-bond donors (Lipinski definition) is 1. The lowest BCUT2D eigenvalue weighted by molar-refractivity contribution is 0.149. The van der Waals surface area contributed by atoms with Crippen LogP contribution in [-0.4, -0.2) is 15.5 Å². The third kappa shape index (κ3) is 3.35. The molecule has 1 atom stereocenters. The number of nitrogens with zero attached hydrogens (tertiary/aromatic N) is 2. The number of carbonyl (C=O) groups excluding carboxylic acids is 1. The number of hydrogen-bond acceptors (Lipinski definition) is 1. The van der Waals surface area contributed by atoms with Crippen LogP contribution >= 0.6 is 0 Å². The molecule has 138 valence electrons. The number of fused-ring (bicyclic) bond motifs is 3. The normalized spacial score (nSPS) is 15.8. The summed E-state index contributed by atoms with van der Waals surface area (Å²) in [6.45, 7) is 5.48. The molecule has 0 aliphatic carbocycles.